The SMILES string of the molecule is COc1cccc(C(N)=O)c1OCC(=O)Nc1ccc(OC(F)(F)F)cc1. The molecule has 7 nitrogen and oxygen atoms in total. The van der Waals surface area contributed by atoms with Crippen molar-refractivity contribution in [2.75, 3.05) is 19.0 Å². The summed E-state index contributed by atoms with van der Waals surface area (Å²) in [6.07, 6.45) is -4.80. The number of rotatable bonds is 7. The number of methoxy groups -OCH3 is 1. The largest absolute Gasteiger partial charge is 0.573 e. The van der Waals surface area contributed by atoms with E-state index in [0.29, 0.717) is 0 Å². The number of nitrogens with two attached hydrogens (primary N) is 1. The van der Waals surface area contributed by atoms with Gasteiger partial charge in [0.2, 0.25) is 0 Å². The number of carbonyl (C=O) groups is 2. The van der Waals surface area contributed by atoms with Gasteiger partial charge < -0.3 is 25.3 Å². The molecule has 0 saturated heterocycles. The summed E-state index contributed by atoms with van der Waals surface area (Å²) >= 11 is 0. The third-order valence-corrected chi connectivity index (χ3v) is 3.18. The molecule has 0 radical (unpaired) electrons. The van der Waals surface area contributed by atoms with E-state index in [2.05, 4.69) is 10.1 Å². The monoisotopic (exact) mass is 384 g/mol. The molecule has 2 aromatic carbocycles. The quantitative estimate of drug-likeness (QED) is 0.765. The topological polar surface area (TPSA) is 99.9 Å². The van der Waals surface area contributed by atoms with Crippen LogP contribution >= 0.6 is 0 Å². The second-order valence-electron chi connectivity index (χ2n) is 5.11. The molecule has 0 aliphatic rings. The molecule has 2 amide bonds. The molecule has 10 heteroatoms. The van der Waals surface area contributed by atoms with Crippen LogP contribution in [-0.2, 0) is 4.79 Å². The number of halogens is 3. The molecular formula is C17H15F3N2O5. The van der Waals surface area contributed by atoms with Gasteiger partial charge in [-0.3, -0.25) is 9.59 Å². The zero-order valence-corrected chi connectivity index (χ0v) is 14.0. The minimum Gasteiger partial charge on any atom is -0.493 e. The van der Waals surface area contributed by atoms with Crippen molar-refractivity contribution in [3.8, 4) is 17.2 Å². The number of primary amides is 1. The number of amides is 2. The van der Waals surface area contributed by atoms with Crippen LogP contribution in [0.3, 0.4) is 0 Å². The Labute approximate surface area is 151 Å². The summed E-state index contributed by atoms with van der Waals surface area (Å²) in [6.45, 7) is -0.485. The van der Waals surface area contributed by atoms with E-state index in [0.717, 1.165) is 12.1 Å². The summed E-state index contributed by atoms with van der Waals surface area (Å²) in [7, 11) is 1.36. The first-order chi connectivity index (χ1) is 12.7. The molecule has 3 N–H and O–H groups in total. The van der Waals surface area contributed by atoms with E-state index < -0.39 is 30.5 Å². The summed E-state index contributed by atoms with van der Waals surface area (Å²) in [5.74, 6) is -1.56. The van der Waals surface area contributed by atoms with Gasteiger partial charge in [0.1, 0.15) is 5.75 Å². The second-order valence-corrected chi connectivity index (χ2v) is 5.11. The maximum Gasteiger partial charge on any atom is 0.573 e. The molecule has 0 unspecified atom stereocenters. The number of benzene rings is 2. The van der Waals surface area contributed by atoms with Crippen molar-refractivity contribution in [1.82, 2.24) is 0 Å². The summed E-state index contributed by atoms with van der Waals surface area (Å²) in [5, 5.41) is 2.43. The molecule has 2 aromatic rings. The lowest BCUT2D eigenvalue weighted by molar-refractivity contribution is -0.274. The lowest BCUT2D eigenvalue weighted by Gasteiger charge is -2.13. The van der Waals surface area contributed by atoms with Gasteiger partial charge in [-0.15, -0.1) is 13.2 Å². The highest BCUT2D eigenvalue weighted by molar-refractivity contribution is 5.97. The van der Waals surface area contributed by atoms with E-state index in [-0.39, 0.29) is 22.7 Å². The third kappa shape index (κ3) is 5.80. The first-order valence-electron chi connectivity index (χ1n) is 7.45. The molecule has 0 aliphatic carbocycles. The molecule has 0 heterocycles. The molecule has 0 atom stereocenters. The number of nitrogens with one attached hydrogen (secondary N) is 1. The van der Waals surface area contributed by atoms with Crippen LogP contribution in [0, 0.1) is 0 Å². The van der Waals surface area contributed by atoms with Gasteiger partial charge in [0.25, 0.3) is 11.8 Å². The summed E-state index contributed by atoms with van der Waals surface area (Å²) in [5.41, 5.74) is 5.53. The highest BCUT2D eigenvalue weighted by Gasteiger charge is 2.31. The minimum atomic E-state index is -4.80. The Morgan fingerprint density at radius 3 is 2.33 bits per heavy atom. The van der Waals surface area contributed by atoms with Crippen LogP contribution in [0.1, 0.15) is 10.4 Å². The van der Waals surface area contributed by atoms with E-state index in [1.54, 1.807) is 0 Å². The van der Waals surface area contributed by atoms with Crippen molar-refractivity contribution in [3.05, 3.63) is 48.0 Å². The van der Waals surface area contributed by atoms with Crippen LogP contribution in [0.2, 0.25) is 0 Å². The van der Waals surface area contributed by atoms with Crippen molar-refractivity contribution in [2.45, 2.75) is 6.36 Å². The van der Waals surface area contributed by atoms with Gasteiger partial charge in [0.15, 0.2) is 18.1 Å². The first kappa shape index (κ1) is 19.9. The van der Waals surface area contributed by atoms with E-state index >= 15 is 0 Å². The van der Waals surface area contributed by atoms with Gasteiger partial charge in [-0.25, -0.2) is 0 Å². The van der Waals surface area contributed by atoms with Gasteiger partial charge in [0, 0.05) is 5.69 Å². The number of para-hydroxylation sites is 1. The average molecular weight is 384 g/mol. The predicted molar refractivity (Wildman–Crippen MR) is 88.8 cm³/mol. The molecule has 0 saturated carbocycles. The Morgan fingerprint density at radius 2 is 1.78 bits per heavy atom. The smallest absolute Gasteiger partial charge is 0.493 e. The van der Waals surface area contributed by atoms with Crippen LogP contribution in [0.25, 0.3) is 0 Å². The fourth-order valence-corrected chi connectivity index (χ4v) is 2.09. The van der Waals surface area contributed by atoms with Gasteiger partial charge >= 0.3 is 6.36 Å². The third-order valence-electron chi connectivity index (χ3n) is 3.18. The van der Waals surface area contributed by atoms with Gasteiger partial charge in [-0.1, -0.05) is 6.07 Å². The molecule has 0 aliphatic heterocycles. The highest BCUT2D eigenvalue weighted by Crippen LogP contribution is 2.31. The minimum absolute atomic E-state index is 0.0107. The van der Waals surface area contributed by atoms with E-state index in [1.165, 1.54) is 37.4 Å². The van der Waals surface area contributed by atoms with Crippen LogP contribution in [0.4, 0.5) is 18.9 Å². The zero-order chi connectivity index (χ0) is 20.0. The molecule has 0 bridgehead atoms. The number of anilines is 1. The number of ether oxygens (including phenoxy) is 3. The van der Waals surface area contributed by atoms with Crippen molar-refractivity contribution in [2.24, 2.45) is 5.73 Å². The number of hydrogen-bond acceptors (Lipinski definition) is 5. The van der Waals surface area contributed by atoms with Crippen LogP contribution in [0.5, 0.6) is 17.2 Å². The van der Waals surface area contributed by atoms with Crippen LogP contribution < -0.4 is 25.3 Å². The van der Waals surface area contributed by atoms with Crippen molar-refractivity contribution in [1.29, 1.82) is 0 Å². The Balaban J connectivity index is 2.00. The Bertz CT molecular complexity index is 822. The van der Waals surface area contributed by atoms with Gasteiger partial charge in [-0.05, 0) is 36.4 Å². The summed E-state index contributed by atoms with van der Waals surface area (Å²) < 4.78 is 50.5. The number of alkyl halides is 3. The average Bonchev–Trinajstić information content (AvgIpc) is 2.60. The molecular weight excluding hydrogens is 369 g/mol. The standard InChI is InChI=1S/C17H15F3N2O5/c1-25-13-4-2-3-12(16(21)24)15(13)26-9-14(23)22-10-5-7-11(8-6-10)27-17(18,19)20/h2-8H,9H2,1H3,(H2,21,24)(H,22,23). The fraction of sp³-hybridized carbons (Fsp3) is 0.176. The maximum absolute atomic E-state index is 12.1. The van der Waals surface area contributed by atoms with Crippen molar-refractivity contribution < 1.29 is 37.0 Å². The van der Waals surface area contributed by atoms with Crippen molar-refractivity contribution in [3.63, 3.8) is 0 Å². The fourth-order valence-electron chi connectivity index (χ4n) is 2.09. The van der Waals surface area contributed by atoms with Crippen LogP contribution in [0.15, 0.2) is 42.5 Å². The molecule has 0 spiro atoms. The van der Waals surface area contributed by atoms with Gasteiger partial charge in [-0.2, -0.15) is 0 Å². The number of hydrogen-bond donors (Lipinski definition) is 2. The summed E-state index contributed by atoms with van der Waals surface area (Å²) in [6, 6.07) is 9.05. The predicted octanol–water partition coefficient (Wildman–Crippen LogP) is 2.71. The van der Waals surface area contributed by atoms with Crippen LogP contribution in [-0.4, -0.2) is 31.9 Å². The zero-order valence-electron chi connectivity index (χ0n) is 14.0. The first-order valence-corrected chi connectivity index (χ1v) is 7.45. The highest BCUT2D eigenvalue weighted by atomic mass is 19.4. The molecule has 144 valence electrons. The Morgan fingerprint density at radius 1 is 1.11 bits per heavy atom. The van der Waals surface area contributed by atoms with E-state index in [1.807, 2.05) is 0 Å². The molecule has 27 heavy (non-hydrogen) atoms. The van der Waals surface area contributed by atoms with E-state index in [4.69, 9.17) is 15.2 Å². The normalized spacial score (nSPS) is 10.8. The Kier molecular flexibility index (Phi) is 6.11. The number of carbonyl (C=O) groups excluding carboxylic acids is 2. The summed E-state index contributed by atoms with van der Waals surface area (Å²) in [4.78, 5) is 23.4. The molecule has 0 fully saturated rings. The lowest BCUT2D eigenvalue weighted by atomic mass is 10.2. The molecule has 2 rings (SSSR count). The lowest BCUT2D eigenvalue weighted by Crippen LogP contribution is -2.22. The van der Waals surface area contributed by atoms with Gasteiger partial charge in [0.05, 0.1) is 12.7 Å². The Hall–Kier alpha value is -3.43. The van der Waals surface area contributed by atoms with Crippen molar-refractivity contribution >= 4 is 17.5 Å². The maximum atomic E-state index is 12.1. The second kappa shape index (κ2) is 8.30. The molecule has 0 aromatic heterocycles. The van der Waals surface area contributed by atoms with E-state index in [9.17, 15) is 22.8 Å².